The second-order valence-corrected chi connectivity index (χ2v) is 5.81. The molecule has 1 atom stereocenters. The molecule has 116 valence electrons. The van der Waals surface area contributed by atoms with Gasteiger partial charge in [0.15, 0.2) is 0 Å². The summed E-state index contributed by atoms with van der Waals surface area (Å²) in [5.74, 6) is 0. The lowest BCUT2D eigenvalue weighted by Crippen LogP contribution is -2.45. The summed E-state index contributed by atoms with van der Waals surface area (Å²) in [6.07, 6.45) is 3.18. The van der Waals surface area contributed by atoms with Crippen molar-refractivity contribution in [1.82, 2.24) is 10.2 Å². The lowest BCUT2D eigenvalue weighted by Gasteiger charge is -2.35. The van der Waals surface area contributed by atoms with E-state index in [1.807, 2.05) is 0 Å². The summed E-state index contributed by atoms with van der Waals surface area (Å²) in [5.41, 5.74) is 1.01. The molecule has 1 fully saturated rings. The molecule has 6 heteroatoms. The molecule has 0 aliphatic carbocycles. The van der Waals surface area contributed by atoms with Crippen molar-refractivity contribution in [3.63, 3.8) is 0 Å². The van der Waals surface area contributed by atoms with Crippen LogP contribution in [-0.4, -0.2) is 36.0 Å². The van der Waals surface area contributed by atoms with Gasteiger partial charge in [-0.2, -0.15) is 0 Å². The van der Waals surface area contributed by atoms with E-state index < -0.39 is 0 Å². The highest BCUT2D eigenvalue weighted by molar-refractivity contribution is 6.31. The molecule has 1 aromatic carbocycles. The van der Waals surface area contributed by atoms with Crippen LogP contribution in [0.2, 0.25) is 5.02 Å². The SMILES string of the molecule is CCCC[C@@H](c1cc([N+](=O)[O-])ccc1Cl)N1CCNCC1. The number of non-ortho nitro benzene ring substituents is 1. The van der Waals surface area contributed by atoms with Crippen LogP contribution in [0.3, 0.4) is 0 Å². The van der Waals surface area contributed by atoms with Crippen molar-refractivity contribution in [2.24, 2.45) is 0 Å². The highest BCUT2D eigenvalue weighted by atomic mass is 35.5. The van der Waals surface area contributed by atoms with Gasteiger partial charge in [-0.05, 0) is 18.1 Å². The van der Waals surface area contributed by atoms with Crippen molar-refractivity contribution in [2.75, 3.05) is 26.2 Å². The largest absolute Gasteiger partial charge is 0.314 e. The predicted octanol–water partition coefficient (Wildman–Crippen LogP) is 3.38. The van der Waals surface area contributed by atoms with E-state index in [1.54, 1.807) is 12.1 Å². The molecule has 1 aliphatic heterocycles. The van der Waals surface area contributed by atoms with Gasteiger partial charge in [-0.25, -0.2) is 0 Å². The molecule has 1 heterocycles. The second-order valence-electron chi connectivity index (χ2n) is 5.41. The summed E-state index contributed by atoms with van der Waals surface area (Å²) < 4.78 is 0. The van der Waals surface area contributed by atoms with E-state index in [0.717, 1.165) is 51.0 Å². The molecule has 21 heavy (non-hydrogen) atoms. The van der Waals surface area contributed by atoms with Gasteiger partial charge in [-0.3, -0.25) is 15.0 Å². The Labute approximate surface area is 130 Å². The van der Waals surface area contributed by atoms with Gasteiger partial charge < -0.3 is 5.32 Å². The maximum Gasteiger partial charge on any atom is 0.269 e. The monoisotopic (exact) mass is 311 g/mol. The van der Waals surface area contributed by atoms with E-state index in [9.17, 15) is 10.1 Å². The number of nitro groups is 1. The second kappa shape index (κ2) is 7.73. The van der Waals surface area contributed by atoms with Crippen LogP contribution in [-0.2, 0) is 0 Å². The quantitative estimate of drug-likeness (QED) is 0.646. The molecular weight excluding hydrogens is 290 g/mol. The van der Waals surface area contributed by atoms with Gasteiger partial charge in [0.2, 0.25) is 0 Å². The maximum absolute atomic E-state index is 11.0. The fraction of sp³-hybridized carbons (Fsp3) is 0.600. The van der Waals surface area contributed by atoms with Crippen LogP contribution in [0.1, 0.15) is 37.8 Å². The van der Waals surface area contributed by atoms with Crippen molar-refractivity contribution >= 4 is 17.3 Å². The van der Waals surface area contributed by atoms with Crippen molar-refractivity contribution in [3.8, 4) is 0 Å². The number of nitro benzene ring substituents is 1. The Morgan fingerprint density at radius 1 is 1.43 bits per heavy atom. The predicted molar refractivity (Wildman–Crippen MR) is 84.8 cm³/mol. The number of hydrogen-bond acceptors (Lipinski definition) is 4. The third-order valence-electron chi connectivity index (χ3n) is 3.97. The Hall–Kier alpha value is -1.17. The molecule has 1 aromatic rings. The van der Waals surface area contributed by atoms with Crippen LogP contribution in [0.15, 0.2) is 18.2 Å². The van der Waals surface area contributed by atoms with Crippen LogP contribution in [0, 0.1) is 10.1 Å². The zero-order valence-electron chi connectivity index (χ0n) is 12.3. The number of unbranched alkanes of at least 4 members (excludes halogenated alkanes) is 1. The van der Waals surface area contributed by atoms with Gasteiger partial charge >= 0.3 is 0 Å². The van der Waals surface area contributed by atoms with Gasteiger partial charge in [0.1, 0.15) is 0 Å². The Morgan fingerprint density at radius 2 is 2.14 bits per heavy atom. The van der Waals surface area contributed by atoms with E-state index in [4.69, 9.17) is 11.6 Å². The average Bonchev–Trinajstić information content (AvgIpc) is 2.50. The van der Waals surface area contributed by atoms with Crippen LogP contribution in [0.25, 0.3) is 0 Å². The maximum atomic E-state index is 11.0. The molecule has 0 saturated carbocycles. The van der Waals surface area contributed by atoms with Crippen molar-refractivity contribution in [2.45, 2.75) is 32.2 Å². The highest BCUT2D eigenvalue weighted by Crippen LogP contribution is 2.34. The summed E-state index contributed by atoms with van der Waals surface area (Å²) in [6.45, 7) is 5.97. The molecule has 2 rings (SSSR count). The van der Waals surface area contributed by atoms with Crippen LogP contribution >= 0.6 is 11.6 Å². The van der Waals surface area contributed by atoms with Gasteiger partial charge in [0, 0.05) is 49.4 Å². The number of hydrogen-bond donors (Lipinski definition) is 1. The molecule has 0 aromatic heterocycles. The third kappa shape index (κ3) is 4.15. The van der Waals surface area contributed by atoms with E-state index in [-0.39, 0.29) is 16.7 Å². The van der Waals surface area contributed by atoms with Gasteiger partial charge in [0.25, 0.3) is 5.69 Å². The molecule has 0 bridgehead atoms. The Bertz CT molecular complexity index is 490. The number of piperazine rings is 1. The molecule has 1 saturated heterocycles. The molecule has 5 nitrogen and oxygen atoms in total. The molecule has 0 spiro atoms. The lowest BCUT2D eigenvalue weighted by atomic mass is 9.98. The summed E-state index contributed by atoms with van der Waals surface area (Å²) >= 11 is 6.33. The van der Waals surface area contributed by atoms with E-state index in [2.05, 4.69) is 17.1 Å². The van der Waals surface area contributed by atoms with Crippen LogP contribution < -0.4 is 5.32 Å². The number of benzene rings is 1. The Kier molecular flexibility index (Phi) is 5.96. The first-order chi connectivity index (χ1) is 10.1. The van der Waals surface area contributed by atoms with Crippen molar-refractivity contribution in [3.05, 3.63) is 38.9 Å². The molecule has 0 unspecified atom stereocenters. The summed E-state index contributed by atoms with van der Waals surface area (Å²) in [7, 11) is 0. The lowest BCUT2D eigenvalue weighted by molar-refractivity contribution is -0.385. The molecule has 1 aliphatic rings. The minimum Gasteiger partial charge on any atom is -0.314 e. The average molecular weight is 312 g/mol. The Balaban J connectivity index is 2.30. The zero-order valence-corrected chi connectivity index (χ0v) is 13.1. The Morgan fingerprint density at radius 3 is 2.76 bits per heavy atom. The first kappa shape index (κ1) is 16.2. The van der Waals surface area contributed by atoms with Gasteiger partial charge in [0.05, 0.1) is 4.92 Å². The summed E-state index contributed by atoms with van der Waals surface area (Å²) in [6, 6.07) is 4.93. The summed E-state index contributed by atoms with van der Waals surface area (Å²) in [5, 5.41) is 15.0. The van der Waals surface area contributed by atoms with Crippen molar-refractivity contribution in [1.29, 1.82) is 0 Å². The first-order valence-corrected chi connectivity index (χ1v) is 7.90. The van der Waals surface area contributed by atoms with Crippen LogP contribution in [0.4, 0.5) is 5.69 Å². The molecule has 0 amide bonds. The normalized spacial score (nSPS) is 17.6. The number of halogens is 1. The van der Waals surface area contributed by atoms with Crippen molar-refractivity contribution < 1.29 is 4.92 Å². The minimum atomic E-state index is -0.353. The van der Waals surface area contributed by atoms with E-state index in [1.165, 1.54) is 6.07 Å². The summed E-state index contributed by atoms with van der Waals surface area (Å²) in [4.78, 5) is 13.0. The van der Waals surface area contributed by atoms with Crippen LogP contribution in [0.5, 0.6) is 0 Å². The molecular formula is C15H22ClN3O2. The molecule has 0 radical (unpaired) electrons. The fourth-order valence-corrected chi connectivity index (χ4v) is 3.07. The van der Waals surface area contributed by atoms with Gasteiger partial charge in [-0.1, -0.05) is 31.4 Å². The first-order valence-electron chi connectivity index (χ1n) is 7.52. The third-order valence-corrected chi connectivity index (χ3v) is 4.32. The number of nitrogens with zero attached hydrogens (tertiary/aromatic N) is 2. The molecule has 1 N–H and O–H groups in total. The van der Waals surface area contributed by atoms with E-state index in [0.29, 0.717) is 5.02 Å². The minimum absolute atomic E-state index is 0.117. The standard InChI is InChI=1S/C15H22ClN3O2/c1-2-3-4-15(18-9-7-17-8-10-18)13-11-12(19(20)21)5-6-14(13)16/h5-6,11,15,17H,2-4,7-10H2,1H3/t15-/m0/s1. The number of nitrogens with one attached hydrogen (secondary N) is 1. The highest BCUT2D eigenvalue weighted by Gasteiger charge is 2.25. The smallest absolute Gasteiger partial charge is 0.269 e. The zero-order chi connectivity index (χ0) is 15.2. The topological polar surface area (TPSA) is 58.4 Å². The van der Waals surface area contributed by atoms with Gasteiger partial charge in [-0.15, -0.1) is 0 Å². The fourth-order valence-electron chi connectivity index (χ4n) is 2.83. The number of rotatable bonds is 6. The van der Waals surface area contributed by atoms with E-state index >= 15 is 0 Å².